The highest BCUT2D eigenvalue weighted by atomic mass is 16.6. The molecule has 0 bridgehead atoms. The van der Waals surface area contributed by atoms with Crippen molar-refractivity contribution in [2.24, 2.45) is 0 Å². The van der Waals surface area contributed by atoms with E-state index >= 15 is 0 Å². The van der Waals surface area contributed by atoms with E-state index in [2.05, 4.69) is 0 Å². The summed E-state index contributed by atoms with van der Waals surface area (Å²) >= 11 is 0. The van der Waals surface area contributed by atoms with Gasteiger partial charge in [0.1, 0.15) is 6.79 Å². The van der Waals surface area contributed by atoms with Gasteiger partial charge in [-0.25, -0.2) is 0 Å². The van der Waals surface area contributed by atoms with Crippen LogP contribution in [-0.4, -0.2) is 6.79 Å². The van der Waals surface area contributed by atoms with Crippen molar-refractivity contribution in [3.63, 3.8) is 0 Å². The lowest BCUT2D eigenvalue weighted by Crippen LogP contribution is -2.53. The second kappa shape index (κ2) is 2680. The fraction of sp³-hybridized carbons (Fsp3) is 0. The van der Waals surface area contributed by atoms with Gasteiger partial charge in [0.15, 0.2) is 0 Å². The summed E-state index contributed by atoms with van der Waals surface area (Å²) in [7, 11) is 0. The van der Waals surface area contributed by atoms with E-state index in [1.54, 1.807) is 0 Å². The van der Waals surface area contributed by atoms with Gasteiger partial charge in [-0.2, -0.15) is 0 Å². The van der Waals surface area contributed by atoms with Gasteiger partial charge in [0, 0.05) is 5.34 Å². The van der Waals surface area contributed by atoms with Crippen molar-refractivity contribution < 1.29 is 10.1 Å². The first kappa shape index (κ1) is 8.95. The van der Waals surface area contributed by atoms with Gasteiger partial charge < -0.3 is 4.79 Å². The molecule has 0 unspecified atom stereocenters. The van der Waals surface area contributed by atoms with Crippen molar-refractivity contribution in [3.8, 4) is 0 Å². The molecule has 4 heteroatoms. The van der Waals surface area contributed by atoms with Gasteiger partial charge in [-0.15, -0.1) is 0 Å². The highest BCUT2D eigenvalue weighted by molar-refractivity contribution is 5.10. The molecule has 0 aliphatic carbocycles. The number of hydrogen-bond donors (Lipinski definition) is 1. The third-order valence-corrected chi connectivity index (χ3v) is 0. The Kier molecular flexibility index (Phi) is 4810. The van der Waals surface area contributed by atoms with Crippen LogP contribution >= 0.6 is 0 Å². The van der Waals surface area contributed by atoms with E-state index in [1.165, 1.54) is 0 Å². The van der Waals surface area contributed by atoms with E-state index in [9.17, 15) is 0 Å². The van der Waals surface area contributed by atoms with Crippen molar-refractivity contribution in [1.29, 1.82) is 0 Å². The molecule has 0 aliphatic heterocycles. The molecular weight excluding hydrogens is 74.0 g/mol. The molecule has 0 aliphatic rings. The lowest BCUT2D eigenvalue weighted by molar-refractivity contribution is -0.398. The van der Waals surface area contributed by atoms with E-state index in [0.29, 0.717) is 0 Å². The summed E-state index contributed by atoms with van der Waals surface area (Å²) in [6.07, 6.45) is 0. The molecule has 0 spiro atoms. The zero-order chi connectivity index (χ0) is 4.71. The van der Waals surface area contributed by atoms with E-state index in [1.807, 2.05) is 6.79 Å². The van der Waals surface area contributed by atoms with Gasteiger partial charge in [0.25, 0.3) is 0 Å². The standard InChI is InChI=1S/CH2O.HNO2/c1-2;2-1-3/h1H2;1H. The largest absolute Gasteiger partial charge is 0.307 e. The number of hydrogen-bond acceptors (Lipinski definition) is 3. The van der Waals surface area contributed by atoms with Crippen LogP contribution in [0.15, 0.2) is 0 Å². The summed E-state index contributed by atoms with van der Waals surface area (Å²) in [6, 6.07) is 0. The fourth-order valence-electron chi connectivity index (χ4n) is 0. The minimum atomic E-state index is 0.250. The quantitative estimate of drug-likeness (QED) is 0.272. The average Bonchev–Trinajstić information content (AvgIpc) is 1.46. The Balaban J connectivity index is 0. The van der Waals surface area contributed by atoms with Crippen LogP contribution in [0, 0.1) is 10.1 Å². The zero-order valence-corrected chi connectivity index (χ0v) is 2.43. The van der Waals surface area contributed by atoms with Gasteiger partial charge in [-0.3, -0.25) is 10.1 Å². The SMILES string of the molecule is C=O.O=[NH+][O-]. The second-order valence-electron chi connectivity index (χ2n) is 0.0833. The Morgan fingerprint density at radius 2 is 1.60 bits per heavy atom. The van der Waals surface area contributed by atoms with Crippen LogP contribution in [-0.2, 0) is 4.79 Å². The number of carbonyl (C=O) groups excluding carboxylic acids is 1. The summed E-state index contributed by atoms with van der Waals surface area (Å²) in [4.78, 5) is 16.1. The molecule has 0 amide bonds. The summed E-state index contributed by atoms with van der Waals surface area (Å²) < 4.78 is 0. The van der Waals surface area contributed by atoms with Gasteiger partial charge in [0.2, 0.25) is 0 Å². The predicted octanol–water partition coefficient (Wildman–Crippen LogP) is -1.85. The molecule has 0 heterocycles. The zero-order valence-electron chi connectivity index (χ0n) is 2.43. The van der Waals surface area contributed by atoms with Crippen molar-refractivity contribution in [2.75, 3.05) is 0 Å². The van der Waals surface area contributed by atoms with Crippen molar-refractivity contribution >= 4 is 6.79 Å². The predicted molar refractivity (Wildman–Crippen MR) is 14.8 cm³/mol. The number of rotatable bonds is 0. The molecule has 0 atom stereocenters. The molecule has 0 radical (unpaired) electrons. The van der Waals surface area contributed by atoms with E-state index in [4.69, 9.17) is 14.9 Å². The minimum Gasteiger partial charge on any atom is -0.307 e. The number of carbonyl (C=O) groups is 1. The molecule has 5 heavy (non-hydrogen) atoms. The Hall–Kier alpha value is -0.930. The molecule has 0 aromatic rings. The highest BCUT2D eigenvalue weighted by Gasteiger charge is 1.10. The Morgan fingerprint density at radius 1 is 1.60 bits per heavy atom. The van der Waals surface area contributed by atoms with Gasteiger partial charge in [-0.1, -0.05) is 0 Å². The van der Waals surface area contributed by atoms with Crippen LogP contribution in [0.1, 0.15) is 0 Å². The topological polar surface area (TPSA) is 71.2 Å². The molecule has 0 saturated heterocycles. The van der Waals surface area contributed by atoms with E-state index < -0.39 is 0 Å². The molecule has 0 aromatic carbocycles. The van der Waals surface area contributed by atoms with Gasteiger partial charge in [-0.05, 0) is 0 Å². The molecule has 0 saturated carbocycles. The van der Waals surface area contributed by atoms with Crippen LogP contribution in [0.3, 0.4) is 0 Å². The first-order valence-corrected chi connectivity index (χ1v) is 0.697. The summed E-state index contributed by atoms with van der Waals surface area (Å²) in [5.41, 5.74) is 0. The smallest absolute Gasteiger partial charge is 0.106 e. The normalized spacial score (nSPS) is 3.20. The van der Waals surface area contributed by atoms with Crippen LogP contribution in [0.2, 0.25) is 0 Å². The maximum Gasteiger partial charge on any atom is 0.106 e. The molecule has 0 rings (SSSR count). The Labute approximate surface area is 28.3 Å². The van der Waals surface area contributed by atoms with Crippen LogP contribution in [0.5, 0.6) is 0 Å². The van der Waals surface area contributed by atoms with E-state index in [0.717, 1.165) is 0 Å². The minimum absolute atomic E-state index is 0.250. The monoisotopic (exact) mass is 77.0 g/mol. The van der Waals surface area contributed by atoms with Crippen LogP contribution in [0.25, 0.3) is 0 Å². The first-order chi connectivity index (χ1) is 2.41. The summed E-state index contributed by atoms with van der Waals surface area (Å²) in [6.45, 7) is 2.00. The third kappa shape index (κ3) is 4.06. The molecular formula is CH3NO3. The summed E-state index contributed by atoms with van der Waals surface area (Å²) in [5, 5.41) is 8.38. The number of nitrogens with one attached hydrogen (secondary N) is 1. The molecule has 0 fully saturated rings. The maximum atomic E-state index is 8.12. The lowest BCUT2D eigenvalue weighted by Gasteiger charge is -1.36. The van der Waals surface area contributed by atoms with Crippen molar-refractivity contribution in [3.05, 3.63) is 10.1 Å². The van der Waals surface area contributed by atoms with Crippen LogP contribution < -0.4 is 5.34 Å². The lowest BCUT2D eigenvalue weighted by atomic mass is 11.9. The fourth-order valence-corrected chi connectivity index (χ4v) is 0. The molecule has 1 N–H and O–H groups in total. The van der Waals surface area contributed by atoms with Crippen LogP contribution in [0.4, 0.5) is 0 Å². The second-order valence-corrected chi connectivity index (χ2v) is 0.0833. The molecule has 30 valence electrons. The Morgan fingerprint density at radius 3 is 1.60 bits per heavy atom. The van der Waals surface area contributed by atoms with Crippen molar-refractivity contribution in [2.45, 2.75) is 0 Å². The Bertz CT molecular complexity index is 20.9. The van der Waals surface area contributed by atoms with Gasteiger partial charge >= 0.3 is 0 Å². The highest BCUT2D eigenvalue weighted by Crippen LogP contribution is 0.618. The average molecular weight is 77.0 g/mol. The van der Waals surface area contributed by atoms with E-state index in [-0.39, 0.29) is 5.34 Å². The first-order valence-electron chi connectivity index (χ1n) is 0.697. The van der Waals surface area contributed by atoms with Gasteiger partial charge in [0.05, 0.1) is 0 Å². The maximum absolute atomic E-state index is 8.12. The molecule has 0 aromatic heterocycles. The third-order valence-electron chi connectivity index (χ3n) is 0. The molecule has 4 nitrogen and oxygen atoms in total. The van der Waals surface area contributed by atoms with Crippen molar-refractivity contribution in [1.82, 2.24) is 0 Å². The summed E-state index contributed by atoms with van der Waals surface area (Å²) in [5.74, 6) is 0.